The Labute approximate surface area is 370 Å². The number of nitrogens with zero attached hydrogens (tertiary/aromatic N) is 4. The molecule has 5 aromatic rings. The molecule has 8 nitrogen and oxygen atoms in total. The van der Waals surface area contributed by atoms with E-state index >= 15 is 17.6 Å². The van der Waals surface area contributed by atoms with E-state index in [4.69, 9.17) is 0 Å². The lowest BCUT2D eigenvalue weighted by molar-refractivity contribution is -0.382. The van der Waals surface area contributed by atoms with Crippen molar-refractivity contribution in [1.29, 1.82) is 0 Å². The van der Waals surface area contributed by atoms with E-state index in [1.54, 1.807) is 0 Å². The zero-order valence-electron chi connectivity index (χ0n) is 32.8. The molecule has 0 aliphatic heterocycles. The van der Waals surface area contributed by atoms with Crippen molar-refractivity contribution in [1.82, 2.24) is 0 Å². The van der Waals surface area contributed by atoms with Crippen LogP contribution in [0.2, 0.25) is 0 Å². The zero-order chi connectivity index (χ0) is 51.2. The van der Waals surface area contributed by atoms with Crippen LogP contribution in [-0.2, 0) is 19.7 Å². The van der Waals surface area contributed by atoms with Crippen LogP contribution in [0.15, 0.2) is 170 Å². The van der Waals surface area contributed by atoms with E-state index in [1.807, 2.05) is 0 Å². The third kappa shape index (κ3) is 8.44. The predicted octanol–water partition coefficient (Wildman–Crippen LogP) is 12.0. The minimum absolute atomic E-state index is 0.00789. The van der Waals surface area contributed by atoms with Gasteiger partial charge in [0, 0.05) is 6.89 Å². The van der Waals surface area contributed by atoms with Crippen molar-refractivity contribution < 1.29 is 95.9 Å². The average Bonchev–Trinajstić information content (AvgIpc) is 3.27. The standard InChI is InChI=1S/C39H23F18N4O4PS2/c40-32(41,36(48,49)50)34(44,45)38(54,55)67(62,63)29-22-12-10-20-27(29)58-60-31(66(24-14-4-1-5-15-24,25-16-6-2-7-17-25)26-18-8-3-9-19-26)61-59-28-21-11-13-23-30(28)68(64,65)39(56,57)35(46,47)33(42,43)37(51,52)53/h1-23H. The van der Waals surface area contributed by atoms with Crippen molar-refractivity contribution >= 4 is 59.4 Å². The van der Waals surface area contributed by atoms with E-state index in [1.165, 1.54) is 91.0 Å². The molecule has 0 N–H and O–H groups in total. The average molecular weight is 1050 g/mol. The van der Waals surface area contributed by atoms with Gasteiger partial charge in [-0.25, -0.2) is 16.8 Å². The molecule has 366 valence electrons. The number of sulfone groups is 2. The summed E-state index contributed by atoms with van der Waals surface area (Å²) in [6.07, 6.45) is -14.9. The quantitative estimate of drug-likeness (QED) is 0.0589. The monoisotopic (exact) mass is 1050 g/mol. The first-order chi connectivity index (χ1) is 31.1. The van der Waals surface area contributed by atoms with Gasteiger partial charge in [0.05, 0.1) is 0 Å². The normalized spacial score (nSPS) is 14.4. The molecule has 0 aliphatic rings. The lowest BCUT2D eigenvalue weighted by atomic mass is 10.1. The maximum Gasteiger partial charge on any atom is 0.460 e. The maximum absolute atomic E-state index is 15.2. The van der Waals surface area contributed by atoms with Gasteiger partial charge in [0.2, 0.25) is 5.54 Å². The van der Waals surface area contributed by atoms with Gasteiger partial charge < -0.3 is 0 Å². The Hall–Kier alpha value is -5.76. The molecule has 0 amide bonds. The Bertz CT molecular complexity index is 2750. The van der Waals surface area contributed by atoms with Gasteiger partial charge in [0.25, 0.3) is 19.7 Å². The summed E-state index contributed by atoms with van der Waals surface area (Å²) in [5.74, 6) is -30.8. The summed E-state index contributed by atoms with van der Waals surface area (Å²) >= 11 is 0. The molecule has 0 aromatic heterocycles. The van der Waals surface area contributed by atoms with E-state index in [0.717, 1.165) is 12.1 Å². The smallest absolute Gasteiger partial charge is 0.217 e. The molecule has 68 heavy (non-hydrogen) atoms. The Balaban J connectivity index is 1.91. The topological polar surface area (TPSA) is 118 Å². The van der Waals surface area contributed by atoms with Crippen LogP contribution in [0.3, 0.4) is 0 Å². The number of hydrogen-bond donors (Lipinski definition) is 0. The molecule has 0 spiro atoms. The third-order valence-corrected chi connectivity index (χ3v) is 17.1. The Kier molecular flexibility index (Phi) is 14.0. The maximum atomic E-state index is 15.2. The van der Waals surface area contributed by atoms with Crippen molar-refractivity contribution in [2.45, 2.75) is 56.3 Å². The molecule has 5 rings (SSSR count). The first kappa shape index (κ1) is 53.2. The second-order valence-corrected chi connectivity index (χ2v) is 20.9. The molecular weight excluding hydrogens is 1030 g/mol. The number of halogens is 18. The van der Waals surface area contributed by atoms with Crippen LogP contribution in [0, 0.1) is 0 Å². The summed E-state index contributed by atoms with van der Waals surface area (Å²) in [7, 11) is -14.9. The van der Waals surface area contributed by atoms with Gasteiger partial charge in [-0.05, 0) is 40.2 Å². The van der Waals surface area contributed by atoms with E-state index in [-0.39, 0.29) is 28.0 Å². The highest BCUT2D eigenvalue weighted by molar-refractivity contribution is 7.95. The molecular formula is C39H23F18N4O4PS2. The van der Waals surface area contributed by atoms with E-state index < -0.39 is 99.8 Å². The van der Waals surface area contributed by atoms with Crippen LogP contribution < -0.4 is 15.9 Å². The summed E-state index contributed by atoms with van der Waals surface area (Å²) in [4.78, 5) is -4.36. The Morgan fingerprint density at radius 1 is 0.353 bits per heavy atom. The molecule has 0 fully saturated rings. The van der Waals surface area contributed by atoms with Gasteiger partial charge in [-0.2, -0.15) is 79.0 Å². The van der Waals surface area contributed by atoms with Crippen molar-refractivity contribution in [2.75, 3.05) is 0 Å². The van der Waals surface area contributed by atoms with Crippen molar-refractivity contribution in [3.05, 3.63) is 140 Å². The number of benzene rings is 5. The van der Waals surface area contributed by atoms with Gasteiger partial charge in [-0.3, -0.25) is 0 Å². The van der Waals surface area contributed by atoms with E-state index in [2.05, 4.69) is 20.5 Å². The molecule has 0 unspecified atom stereocenters. The fourth-order valence-corrected chi connectivity index (χ4v) is 12.5. The number of hydrogen-bond acceptors (Lipinski definition) is 6. The first-order valence-corrected chi connectivity index (χ1v) is 22.7. The molecule has 29 heteroatoms. The fourth-order valence-electron chi connectivity index (χ4n) is 5.97. The molecule has 5 aromatic carbocycles. The van der Waals surface area contributed by atoms with Gasteiger partial charge >= 0.3 is 46.6 Å². The summed E-state index contributed by atoms with van der Waals surface area (Å²) in [5, 5.41) is 0.257. The van der Waals surface area contributed by atoms with Crippen molar-refractivity contribution in [2.24, 2.45) is 20.5 Å². The summed E-state index contributed by atoms with van der Waals surface area (Å²) in [6.45, 7) is -4.14. The van der Waals surface area contributed by atoms with Crippen LogP contribution in [0.5, 0.6) is 0 Å². The summed E-state index contributed by atoms with van der Waals surface area (Å²) < 4.78 is 305. The highest BCUT2D eigenvalue weighted by Gasteiger charge is 2.86. The van der Waals surface area contributed by atoms with Crippen LogP contribution in [0.25, 0.3) is 0 Å². The molecule has 0 saturated heterocycles. The lowest BCUT2D eigenvalue weighted by Crippen LogP contribution is -2.63. The SMILES string of the molecule is O=S(=O)(c1ccccc1N=NC(N=Nc1ccccc1S(=O)(=O)C(F)(F)C(F)(F)C(F)(F)C(F)(F)F)=P(c1ccccc1)(c1ccccc1)c1ccccc1)C(F)(F)C(F)(F)C(F)(F)C(F)(F)F. The minimum atomic E-state index is -7.72. The molecule has 0 radical (unpaired) electrons. The summed E-state index contributed by atoms with van der Waals surface area (Å²) in [5.41, 5.74) is -4.08. The fraction of sp³-hybridized carbons (Fsp3) is 0.205. The van der Waals surface area contributed by atoms with Crippen molar-refractivity contribution in [3.63, 3.8) is 0 Å². The Morgan fingerprint density at radius 3 is 0.868 bits per heavy atom. The second kappa shape index (κ2) is 18.0. The van der Waals surface area contributed by atoms with Crippen LogP contribution in [0.1, 0.15) is 0 Å². The largest absolute Gasteiger partial charge is 0.460 e. The van der Waals surface area contributed by atoms with Crippen LogP contribution in [-0.4, -0.2) is 68.9 Å². The van der Waals surface area contributed by atoms with Crippen molar-refractivity contribution in [3.8, 4) is 0 Å². The van der Waals surface area contributed by atoms with Gasteiger partial charge in [0.1, 0.15) is 21.2 Å². The number of rotatable bonds is 15. The molecule has 0 saturated carbocycles. The van der Waals surface area contributed by atoms with Crippen LogP contribution >= 0.6 is 6.89 Å². The molecule has 0 aliphatic carbocycles. The van der Waals surface area contributed by atoms with E-state index in [0.29, 0.717) is 24.3 Å². The molecule has 0 heterocycles. The van der Waals surface area contributed by atoms with Gasteiger partial charge in [-0.1, -0.05) is 115 Å². The number of alkyl halides is 18. The zero-order valence-corrected chi connectivity index (χ0v) is 35.3. The second-order valence-electron chi connectivity index (χ2n) is 13.6. The number of azo groups is 2. The molecule has 0 atom stereocenters. The summed E-state index contributed by atoms with van der Waals surface area (Å²) in [6, 6.07) is 24.0. The highest BCUT2D eigenvalue weighted by atomic mass is 32.2. The van der Waals surface area contributed by atoms with Gasteiger partial charge in [-0.15, -0.1) is 20.5 Å². The first-order valence-electron chi connectivity index (χ1n) is 18.0. The lowest BCUT2D eigenvalue weighted by Gasteiger charge is -2.33. The molecule has 0 bridgehead atoms. The van der Waals surface area contributed by atoms with E-state index in [9.17, 15) is 78.3 Å². The van der Waals surface area contributed by atoms with Gasteiger partial charge in [0.15, 0.2) is 0 Å². The highest BCUT2D eigenvalue weighted by Crippen LogP contribution is 2.58. The predicted molar refractivity (Wildman–Crippen MR) is 208 cm³/mol. The van der Waals surface area contributed by atoms with Crippen LogP contribution in [0.4, 0.5) is 90.4 Å². The third-order valence-electron chi connectivity index (χ3n) is 9.44. The minimum Gasteiger partial charge on any atom is -0.217 e. The Morgan fingerprint density at radius 2 is 0.603 bits per heavy atom.